The summed E-state index contributed by atoms with van der Waals surface area (Å²) < 4.78 is 0. The number of nitrogens with one attached hydrogen (secondary N) is 1. The predicted molar refractivity (Wildman–Crippen MR) is 117 cm³/mol. The smallest absolute Gasteiger partial charge is 0.319 e. The Hall–Kier alpha value is -2.99. The predicted octanol–water partition coefficient (Wildman–Crippen LogP) is 4.79. The van der Waals surface area contributed by atoms with Gasteiger partial charge in [0.2, 0.25) is 0 Å². The number of hydrogen-bond acceptors (Lipinski definition) is 4. The van der Waals surface area contributed by atoms with E-state index in [-0.39, 0.29) is 18.5 Å². The van der Waals surface area contributed by atoms with Crippen LogP contribution in [0, 0.1) is 6.92 Å². The highest BCUT2D eigenvalue weighted by molar-refractivity contribution is 7.13. The lowest BCUT2D eigenvalue weighted by Crippen LogP contribution is -2.44. The largest absolute Gasteiger partial charge is 0.325 e. The molecule has 5 rings (SSSR count). The van der Waals surface area contributed by atoms with Crippen molar-refractivity contribution in [3.05, 3.63) is 76.3 Å². The molecule has 6 heteroatoms. The van der Waals surface area contributed by atoms with Crippen LogP contribution >= 0.6 is 11.3 Å². The molecular weight excluding hydrogens is 394 g/mol. The van der Waals surface area contributed by atoms with E-state index in [2.05, 4.69) is 35.4 Å². The molecule has 0 saturated carbocycles. The van der Waals surface area contributed by atoms with Crippen LogP contribution in [-0.4, -0.2) is 21.8 Å². The molecular formula is C24H23N3O2S. The minimum Gasteiger partial charge on any atom is -0.319 e. The number of imide groups is 1. The number of aryl methyl sites for hydroxylation is 2. The minimum absolute atomic E-state index is 0.160. The fourth-order valence-corrected chi connectivity index (χ4v) is 5.30. The molecule has 1 aliphatic heterocycles. The first-order valence-electron chi connectivity index (χ1n) is 10.3. The highest BCUT2D eigenvalue weighted by atomic mass is 32.1. The Balaban J connectivity index is 1.43. The van der Waals surface area contributed by atoms with Crippen molar-refractivity contribution in [3.63, 3.8) is 0 Å². The van der Waals surface area contributed by atoms with Crippen LogP contribution in [0.1, 0.15) is 41.6 Å². The van der Waals surface area contributed by atoms with Crippen molar-refractivity contribution in [2.24, 2.45) is 0 Å². The normalized spacial score (nSPS) is 20.9. The number of nitrogens with zero attached hydrogens (tertiary/aromatic N) is 2. The van der Waals surface area contributed by atoms with Crippen LogP contribution in [-0.2, 0) is 23.3 Å². The second-order valence-electron chi connectivity index (χ2n) is 8.10. The number of carbonyl (C=O) groups is 2. The van der Waals surface area contributed by atoms with Crippen LogP contribution in [0.25, 0.3) is 10.6 Å². The van der Waals surface area contributed by atoms with Gasteiger partial charge in [-0.2, -0.15) is 0 Å². The second kappa shape index (κ2) is 7.36. The Kier molecular flexibility index (Phi) is 4.66. The molecule has 152 valence electrons. The summed E-state index contributed by atoms with van der Waals surface area (Å²) in [5, 5.41) is 5.87. The molecule has 1 atom stereocenters. The van der Waals surface area contributed by atoms with Gasteiger partial charge in [-0.05, 0) is 43.7 Å². The molecule has 2 heterocycles. The van der Waals surface area contributed by atoms with Gasteiger partial charge in [0, 0.05) is 10.9 Å². The first-order valence-corrected chi connectivity index (χ1v) is 11.2. The minimum atomic E-state index is -0.944. The van der Waals surface area contributed by atoms with Gasteiger partial charge < -0.3 is 5.32 Å². The topological polar surface area (TPSA) is 62.3 Å². The summed E-state index contributed by atoms with van der Waals surface area (Å²) in [6.07, 6.45) is 3.50. The lowest BCUT2D eigenvalue weighted by molar-refractivity contribution is -0.132. The molecule has 0 radical (unpaired) electrons. The zero-order chi connectivity index (χ0) is 20.7. The average molecular weight is 418 g/mol. The van der Waals surface area contributed by atoms with Crippen LogP contribution in [0.2, 0.25) is 0 Å². The molecule has 1 aliphatic carbocycles. The number of urea groups is 1. The molecule has 1 fully saturated rings. The third-order valence-electron chi connectivity index (χ3n) is 6.07. The molecule has 1 aromatic heterocycles. The Morgan fingerprint density at radius 1 is 1.10 bits per heavy atom. The summed E-state index contributed by atoms with van der Waals surface area (Å²) in [4.78, 5) is 32.4. The zero-order valence-electron chi connectivity index (χ0n) is 16.9. The average Bonchev–Trinajstić information content (AvgIpc) is 3.25. The number of hydrogen-bond donors (Lipinski definition) is 1. The molecule has 1 N–H and O–H groups in total. The van der Waals surface area contributed by atoms with E-state index in [1.165, 1.54) is 21.8 Å². The van der Waals surface area contributed by atoms with Crippen molar-refractivity contribution in [1.82, 2.24) is 15.2 Å². The van der Waals surface area contributed by atoms with Gasteiger partial charge in [0.25, 0.3) is 5.91 Å². The van der Waals surface area contributed by atoms with Crippen molar-refractivity contribution in [2.45, 2.75) is 44.7 Å². The summed E-state index contributed by atoms with van der Waals surface area (Å²) in [5.41, 5.74) is 4.13. The summed E-state index contributed by atoms with van der Waals surface area (Å²) in [5.74, 6) is -0.160. The van der Waals surface area contributed by atoms with E-state index in [1.54, 1.807) is 0 Å². The van der Waals surface area contributed by atoms with Gasteiger partial charge in [0.1, 0.15) is 10.5 Å². The lowest BCUT2D eigenvalue weighted by Gasteiger charge is -2.27. The highest BCUT2D eigenvalue weighted by Crippen LogP contribution is 2.39. The van der Waals surface area contributed by atoms with Crippen molar-refractivity contribution >= 4 is 23.3 Å². The number of aromatic nitrogens is 1. The first kappa shape index (κ1) is 19.0. The van der Waals surface area contributed by atoms with E-state index in [4.69, 9.17) is 0 Å². The summed E-state index contributed by atoms with van der Waals surface area (Å²) >= 11 is 1.53. The third-order valence-corrected chi connectivity index (χ3v) is 7.01. The third kappa shape index (κ3) is 3.12. The lowest BCUT2D eigenvalue weighted by atomic mass is 9.84. The standard InChI is InChI=1S/C24H23N3O2S/c1-16-9-11-18(12-10-16)21-25-19(15-30-21)14-27-22(28)24(26-23(27)29)13-5-4-7-17-6-2-3-8-20(17)24/h2-3,6,8-12,15H,4-5,7,13-14H2,1H3,(H,26,29)/t24-/m0/s1. The van der Waals surface area contributed by atoms with Gasteiger partial charge in [0.15, 0.2) is 0 Å². The molecule has 30 heavy (non-hydrogen) atoms. The molecule has 1 spiro atoms. The van der Waals surface area contributed by atoms with E-state index < -0.39 is 5.54 Å². The van der Waals surface area contributed by atoms with E-state index in [1.807, 2.05) is 35.7 Å². The number of fused-ring (bicyclic) bond motifs is 2. The van der Waals surface area contributed by atoms with Crippen LogP contribution in [0.3, 0.4) is 0 Å². The maximum atomic E-state index is 13.5. The fraction of sp³-hybridized carbons (Fsp3) is 0.292. The van der Waals surface area contributed by atoms with E-state index in [0.29, 0.717) is 6.42 Å². The summed E-state index contributed by atoms with van der Waals surface area (Å²) in [7, 11) is 0. The van der Waals surface area contributed by atoms with Gasteiger partial charge in [-0.15, -0.1) is 11.3 Å². The number of benzene rings is 2. The van der Waals surface area contributed by atoms with Gasteiger partial charge >= 0.3 is 6.03 Å². The second-order valence-corrected chi connectivity index (χ2v) is 8.96. The molecule has 0 unspecified atom stereocenters. The number of rotatable bonds is 3. The van der Waals surface area contributed by atoms with Gasteiger partial charge in [-0.3, -0.25) is 9.69 Å². The molecule has 0 bridgehead atoms. The van der Waals surface area contributed by atoms with Crippen molar-refractivity contribution in [1.29, 1.82) is 0 Å². The van der Waals surface area contributed by atoms with Crippen molar-refractivity contribution in [3.8, 4) is 10.6 Å². The zero-order valence-corrected chi connectivity index (χ0v) is 17.7. The van der Waals surface area contributed by atoms with Gasteiger partial charge in [0.05, 0.1) is 12.2 Å². The van der Waals surface area contributed by atoms with Crippen molar-refractivity contribution < 1.29 is 9.59 Å². The number of amides is 3. The maximum Gasteiger partial charge on any atom is 0.325 e. The summed E-state index contributed by atoms with van der Waals surface area (Å²) in [6, 6.07) is 15.9. The Labute approximate surface area is 179 Å². The molecule has 3 aromatic rings. The Morgan fingerprint density at radius 3 is 2.73 bits per heavy atom. The van der Waals surface area contributed by atoms with Crippen LogP contribution in [0.15, 0.2) is 53.9 Å². The van der Waals surface area contributed by atoms with E-state index in [0.717, 1.165) is 46.7 Å². The molecule has 2 aromatic carbocycles. The van der Waals surface area contributed by atoms with Gasteiger partial charge in [-0.25, -0.2) is 9.78 Å². The Morgan fingerprint density at radius 2 is 1.90 bits per heavy atom. The number of thiazole rings is 1. The highest BCUT2D eigenvalue weighted by Gasteiger charge is 2.53. The van der Waals surface area contributed by atoms with E-state index >= 15 is 0 Å². The summed E-state index contributed by atoms with van der Waals surface area (Å²) in [6.45, 7) is 2.24. The number of carbonyl (C=O) groups excluding carboxylic acids is 2. The maximum absolute atomic E-state index is 13.5. The monoisotopic (exact) mass is 417 g/mol. The fourth-order valence-electron chi connectivity index (χ4n) is 4.49. The van der Waals surface area contributed by atoms with Crippen molar-refractivity contribution in [2.75, 3.05) is 0 Å². The first-order chi connectivity index (χ1) is 14.6. The molecule has 1 saturated heterocycles. The van der Waals surface area contributed by atoms with Crippen LogP contribution in [0.4, 0.5) is 4.79 Å². The van der Waals surface area contributed by atoms with Crippen LogP contribution in [0.5, 0.6) is 0 Å². The Bertz CT molecular complexity index is 1120. The molecule has 5 nitrogen and oxygen atoms in total. The molecule has 3 amide bonds. The molecule has 2 aliphatic rings. The van der Waals surface area contributed by atoms with Gasteiger partial charge in [-0.1, -0.05) is 54.1 Å². The van der Waals surface area contributed by atoms with Crippen LogP contribution < -0.4 is 5.32 Å². The quantitative estimate of drug-likeness (QED) is 0.623. The van der Waals surface area contributed by atoms with E-state index in [9.17, 15) is 9.59 Å². The SMILES string of the molecule is Cc1ccc(-c2nc(CN3C(=O)N[C@]4(CCCCc5ccccc54)C3=O)cs2)cc1.